The van der Waals surface area contributed by atoms with Gasteiger partial charge in [0.15, 0.2) is 0 Å². The van der Waals surface area contributed by atoms with Crippen LogP contribution >= 0.6 is 11.3 Å². The van der Waals surface area contributed by atoms with Gasteiger partial charge in [-0.1, -0.05) is 6.07 Å². The third kappa shape index (κ3) is 2.34. The lowest BCUT2D eigenvalue weighted by Crippen LogP contribution is -2.42. The van der Waals surface area contributed by atoms with Gasteiger partial charge in [0.1, 0.15) is 6.04 Å². The summed E-state index contributed by atoms with van der Waals surface area (Å²) in [6.07, 6.45) is 1.35. The van der Waals surface area contributed by atoms with E-state index in [-0.39, 0.29) is 11.8 Å². The van der Waals surface area contributed by atoms with E-state index in [1.165, 1.54) is 16.2 Å². The first-order chi connectivity index (χ1) is 8.11. The van der Waals surface area contributed by atoms with E-state index in [0.717, 1.165) is 11.3 Å². The monoisotopic (exact) mass is 253 g/mol. The Bertz CT molecular complexity index is 415. The third-order valence-electron chi connectivity index (χ3n) is 3.16. The van der Waals surface area contributed by atoms with Crippen molar-refractivity contribution in [2.45, 2.75) is 31.7 Å². The molecule has 5 heteroatoms. The molecule has 2 atom stereocenters. The van der Waals surface area contributed by atoms with Crippen molar-refractivity contribution in [2.24, 2.45) is 0 Å². The number of nitrogens with zero attached hydrogens (tertiary/aromatic N) is 1. The minimum absolute atomic E-state index is 0.0719. The van der Waals surface area contributed by atoms with E-state index < -0.39 is 12.0 Å². The molecule has 1 aromatic heterocycles. The molecule has 4 nitrogen and oxygen atoms in total. The second kappa shape index (κ2) is 4.87. The van der Waals surface area contributed by atoms with Gasteiger partial charge in [-0.15, -0.1) is 11.3 Å². The quantitative estimate of drug-likeness (QED) is 0.895. The second-order valence-corrected chi connectivity index (χ2v) is 5.24. The van der Waals surface area contributed by atoms with E-state index in [2.05, 4.69) is 0 Å². The van der Waals surface area contributed by atoms with E-state index in [4.69, 9.17) is 5.11 Å². The molecule has 1 N–H and O–H groups in total. The van der Waals surface area contributed by atoms with Crippen LogP contribution in [-0.2, 0) is 9.59 Å². The highest BCUT2D eigenvalue weighted by Crippen LogP contribution is 2.27. The van der Waals surface area contributed by atoms with E-state index in [9.17, 15) is 9.59 Å². The molecule has 0 bridgehead atoms. The van der Waals surface area contributed by atoms with Gasteiger partial charge in [0, 0.05) is 11.4 Å². The number of carbonyl (C=O) groups excluding carboxylic acids is 1. The van der Waals surface area contributed by atoms with Crippen LogP contribution in [0.1, 0.15) is 30.6 Å². The molecule has 1 aromatic rings. The molecule has 1 aliphatic rings. The number of hydrogen-bond donors (Lipinski definition) is 1. The predicted molar refractivity (Wildman–Crippen MR) is 65.1 cm³/mol. The minimum Gasteiger partial charge on any atom is -0.480 e. The van der Waals surface area contributed by atoms with Crippen molar-refractivity contribution in [3.63, 3.8) is 0 Å². The fourth-order valence-corrected chi connectivity index (χ4v) is 2.97. The predicted octanol–water partition coefficient (Wildman–Crippen LogP) is 1.93. The van der Waals surface area contributed by atoms with E-state index in [0.29, 0.717) is 13.0 Å². The highest BCUT2D eigenvalue weighted by Gasteiger charge is 2.36. The zero-order valence-corrected chi connectivity index (χ0v) is 10.4. The third-order valence-corrected chi connectivity index (χ3v) is 4.22. The Kier molecular flexibility index (Phi) is 3.47. The van der Waals surface area contributed by atoms with Gasteiger partial charge in [0.25, 0.3) is 0 Å². The van der Waals surface area contributed by atoms with Crippen LogP contribution in [-0.4, -0.2) is 34.5 Å². The van der Waals surface area contributed by atoms with Crippen LogP contribution in [0, 0.1) is 0 Å². The fourth-order valence-electron chi connectivity index (χ4n) is 2.20. The standard InChI is InChI=1S/C12H15NO3S/c1-8(10-5-3-7-17-10)11(14)13-6-2-4-9(13)12(15)16/h3,5,7-9H,2,4,6H2,1H3,(H,15,16)/t8?,9-/m0/s1. The number of rotatable bonds is 3. The van der Waals surface area contributed by atoms with Crippen LogP contribution < -0.4 is 0 Å². The van der Waals surface area contributed by atoms with Gasteiger partial charge in [-0.25, -0.2) is 4.79 Å². The molecule has 1 aliphatic heterocycles. The van der Waals surface area contributed by atoms with Gasteiger partial charge in [-0.3, -0.25) is 4.79 Å². The van der Waals surface area contributed by atoms with Crippen LogP contribution in [0.15, 0.2) is 17.5 Å². The molecule has 1 fully saturated rings. The van der Waals surface area contributed by atoms with Crippen LogP contribution in [0.5, 0.6) is 0 Å². The Morgan fingerprint density at radius 1 is 1.59 bits per heavy atom. The minimum atomic E-state index is -0.894. The largest absolute Gasteiger partial charge is 0.480 e. The maximum atomic E-state index is 12.2. The van der Waals surface area contributed by atoms with Crippen LogP contribution in [0.2, 0.25) is 0 Å². The summed E-state index contributed by atoms with van der Waals surface area (Å²) < 4.78 is 0. The average molecular weight is 253 g/mol. The number of thiophene rings is 1. The molecule has 0 aromatic carbocycles. The summed E-state index contributed by atoms with van der Waals surface area (Å²) in [6.45, 7) is 2.40. The van der Waals surface area contributed by atoms with E-state index >= 15 is 0 Å². The van der Waals surface area contributed by atoms with Gasteiger partial charge in [-0.2, -0.15) is 0 Å². The van der Waals surface area contributed by atoms with Crippen LogP contribution in [0.3, 0.4) is 0 Å². The van der Waals surface area contributed by atoms with Crippen molar-refractivity contribution >= 4 is 23.2 Å². The SMILES string of the molecule is CC(C(=O)N1CCC[C@H]1C(=O)O)c1cccs1. The molecule has 0 saturated carbocycles. The summed E-state index contributed by atoms with van der Waals surface area (Å²) in [6, 6.07) is 3.19. The number of carbonyl (C=O) groups is 2. The molecular formula is C12H15NO3S. The topological polar surface area (TPSA) is 57.6 Å². The van der Waals surface area contributed by atoms with E-state index in [1.54, 1.807) is 0 Å². The lowest BCUT2D eigenvalue weighted by atomic mass is 10.1. The Balaban J connectivity index is 2.12. The lowest BCUT2D eigenvalue weighted by Gasteiger charge is -2.24. The number of amides is 1. The number of carboxylic acids is 1. The van der Waals surface area contributed by atoms with Gasteiger partial charge in [-0.05, 0) is 31.2 Å². The molecule has 2 heterocycles. The van der Waals surface area contributed by atoms with Crippen molar-refractivity contribution < 1.29 is 14.7 Å². The molecule has 1 unspecified atom stereocenters. The Morgan fingerprint density at radius 3 is 2.94 bits per heavy atom. The molecular weight excluding hydrogens is 238 g/mol. The summed E-state index contributed by atoms with van der Waals surface area (Å²) in [4.78, 5) is 25.8. The summed E-state index contributed by atoms with van der Waals surface area (Å²) in [5, 5.41) is 11.0. The maximum Gasteiger partial charge on any atom is 0.326 e. The van der Waals surface area contributed by atoms with Crippen molar-refractivity contribution in [2.75, 3.05) is 6.54 Å². The zero-order chi connectivity index (χ0) is 12.4. The Hall–Kier alpha value is -1.36. The number of carboxylic acid groups (broad SMARTS) is 1. The summed E-state index contributed by atoms with van der Waals surface area (Å²) >= 11 is 1.53. The van der Waals surface area contributed by atoms with Gasteiger partial charge >= 0.3 is 5.97 Å². The van der Waals surface area contributed by atoms with Crippen LogP contribution in [0.4, 0.5) is 0 Å². The van der Waals surface area contributed by atoms with Crippen molar-refractivity contribution in [1.29, 1.82) is 0 Å². The fraction of sp³-hybridized carbons (Fsp3) is 0.500. The van der Waals surface area contributed by atoms with Gasteiger partial charge in [0.05, 0.1) is 5.92 Å². The second-order valence-electron chi connectivity index (χ2n) is 4.27. The molecule has 17 heavy (non-hydrogen) atoms. The van der Waals surface area contributed by atoms with Gasteiger partial charge in [0.2, 0.25) is 5.91 Å². The molecule has 1 saturated heterocycles. The summed E-state index contributed by atoms with van der Waals surface area (Å²) in [5.41, 5.74) is 0. The molecule has 92 valence electrons. The Morgan fingerprint density at radius 2 is 2.35 bits per heavy atom. The van der Waals surface area contributed by atoms with Gasteiger partial charge < -0.3 is 10.0 Å². The zero-order valence-electron chi connectivity index (χ0n) is 9.63. The van der Waals surface area contributed by atoms with Crippen molar-refractivity contribution in [1.82, 2.24) is 4.90 Å². The normalized spacial score (nSPS) is 21.5. The molecule has 0 aliphatic carbocycles. The molecule has 0 spiro atoms. The average Bonchev–Trinajstić information content (AvgIpc) is 2.97. The summed E-state index contributed by atoms with van der Waals surface area (Å²) in [7, 11) is 0. The lowest BCUT2D eigenvalue weighted by molar-refractivity contribution is -0.148. The van der Waals surface area contributed by atoms with Crippen molar-refractivity contribution in [3.05, 3.63) is 22.4 Å². The first-order valence-electron chi connectivity index (χ1n) is 5.68. The molecule has 0 radical (unpaired) electrons. The molecule has 1 amide bonds. The smallest absolute Gasteiger partial charge is 0.326 e. The molecule has 2 rings (SSSR count). The Labute approximate surface area is 104 Å². The summed E-state index contributed by atoms with van der Waals surface area (Å²) in [5.74, 6) is -1.21. The van der Waals surface area contributed by atoms with Crippen LogP contribution in [0.25, 0.3) is 0 Å². The first kappa shape index (κ1) is 12.1. The van der Waals surface area contributed by atoms with E-state index in [1.807, 2.05) is 24.4 Å². The number of hydrogen-bond acceptors (Lipinski definition) is 3. The highest BCUT2D eigenvalue weighted by molar-refractivity contribution is 7.10. The highest BCUT2D eigenvalue weighted by atomic mass is 32.1. The van der Waals surface area contributed by atoms with Crippen molar-refractivity contribution in [3.8, 4) is 0 Å². The maximum absolute atomic E-state index is 12.2. The number of likely N-dealkylation sites (tertiary alicyclic amines) is 1. The first-order valence-corrected chi connectivity index (χ1v) is 6.56. The number of aliphatic carboxylic acids is 1.